The summed E-state index contributed by atoms with van der Waals surface area (Å²) < 4.78 is 0. The molecule has 7 nitrogen and oxygen atoms in total. The Bertz CT molecular complexity index is 640. The minimum absolute atomic E-state index is 0.0826. The number of nitrogens with one attached hydrogen (secondary N) is 2. The van der Waals surface area contributed by atoms with Gasteiger partial charge in [0.05, 0.1) is 18.7 Å². The number of nitrogens with zero attached hydrogens (tertiary/aromatic N) is 1. The fraction of sp³-hybridized carbons (Fsp3) is 0.643. The van der Waals surface area contributed by atoms with Crippen LogP contribution in [-0.4, -0.2) is 44.6 Å². The van der Waals surface area contributed by atoms with E-state index in [1.807, 2.05) is 6.92 Å². The summed E-state index contributed by atoms with van der Waals surface area (Å²) in [5, 5.41) is 10.0. The number of aromatic nitrogens is 2. The number of amides is 1. The van der Waals surface area contributed by atoms with Crippen LogP contribution in [0.25, 0.3) is 0 Å². The first kappa shape index (κ1) is 15.5. The number of hydrogen-bond donors (Lipinski definition) is 3. The second-order valence-corrected chi connectivity index (χ2v) is 5.74. The summed E-state index contributed by atoms with van der Waals surface area (Å²) in [4.78, 5) is 41.0. The molecule has 1 aliphatic heterocycles. The van der Waals surface area contributed by atoms with Crippen molar-refractivity contribution >= 4 is 5.91 Å². The van der Waals surface area contributed by atoms with Crippen LogP contribution in [0.15, 0.2) is 9.59 Å². The quantitative estimate of drug-likeness (QED) is 0.692. The Morgan fingerprint density at radius 3 is 2.57 bits per heavy atom. The Labute approximate surface area is 122 Å². The second kappa shape index (κ2) is 5.85. The number of β-amino-alcohol motifs (C(OH)–C–C–N with tert-alkyl or cyclic N) is 1. The molecular weight excluding hydrogens is 274 g/mol. The van der Waals surface area contributed by atoms with Crippen molar-refractivity contribution in [2.75, 3.05) is 13.1 Å². The minimum atomic E-state index is -0.740. The zero-order chi connectivity index (χ0) is 15.6. The van der Waals surface area contributed by atoms with Crippen LogP contribution in [0, 0.1) is 6.92 Å². The van der Waals surface area contributed by atoms with Crippen LogP contribution >= 0.6 is 0 Å². The van der Waals surface area contributed by atoms with E-state index in [1.54, 1.807) is 11.8 Å². The molecule has 1 aliphatic rings. The lowest BCUT2D eigenvalue weighted by Crippen LogP contribution is -2.63. The van der Waals surface area contributed by atoms with Crippen LogP contribution in [0.1, 0.15) is 37.4 Å². The highest BCUT2D eigenvalue weighted by atomic mass is 16.3. The van der Waals surface area contributed by atoms with Crippen LogP contribution in [0.5, 0.6) is 0 Å². The zero-order valence-electron chi connectivity index (χ0n) is 12.4. The average Bonchev–Trinajstić information content (AvgIpc) is 2.34. The van der Waals surface area contributed by atoms with E-state index in [-0.39, 0.29) is 18.7 Å². The molecule has 0 saturated carbocycles. The van der Waals surface area contributed by atoms with E-state index in [2.05, 4.69) is 9.97 Å². The van der Waals surface area contributed by atoms with Gasteiger partial charge in [0.15, 0.2) is 0 Å². The lowest BCUT2D eigenvalue weighted by Gasteiger charge is -2.46. The number of hydrogen-bond acceptors (Lipinski definition) is 4. The summed E-state index contributed by atoms with van der Waals surface area (Å²) in [6, 6.07) is 0. The number of carbonyl (C=O) groups is 1. The summed E-state index contributed by atoms with van der Waals surface area (Å²) in [7, 11) is 0. The van der Waals surface area contributed by atoms with E-state index < -0.39 is 16.9 Å². The van der Waals surface area contributed by atoms with Gasteiger partial charge < -0.3 is 15.0 Å². The van der Waals surface area contributed by atoms with Crippen molar-refractivity contribution in [3.05, 3.63) is 32.1 Å². The van der Waals surface area contributed by atoms with Crippen LogP contribution in [0.4, 0.5) is 0 Å². The Balaban J connectivity index is 1.92. The van der Waals surface area contributed by atoms with Gasteiger partial charge in [-0.3, -0.25) is 14.6 Å². The third kappa shape index (κ3) is 3.41. The van der Waals surface area contributed by atoms with Gasteiger partial charge in [-0.2, -0.15) is 0 Å². The van der Waals surface area contributed by atoms with Crippen LogP contribution < -0.4 is 11.2 Å². The molecule has 0 radical (unpaired) electrons. The summed E-state index contributed by atoms with van der Waals surface area (Å²) in [5.74, 6) is -0.0826. The molecule has 1 amide bonds. The molecule has 3 N–H and O–H groups in total. The van der Waals surface area contributed by atoms with Crippen LogP contribution in [0.2, 0.25) is 0 Å². The van der Waals surface area contributed by atoms with Gasteiger partial charge in [-0.25, -0.2) is 4.79 Å². The van der Waals surface area contributed by atoms with Gasteiger partial charge in [-0.15, -0.1) is 0 Å². The molecule has 0 spiro atoms. The first-order chi connectivity index (χ1) is 9.84. The normalized spacial score (nSPS) is 16.6. The Morgan fingerprint density at radius 2 is 2.00 bits per heavy atom. The molecule has 7 heteroatoms. The smallest absolute Gasteiger partial charge is 0.325 e. The third-order valence-electron chi connectivity index (χ3n) is 3.88. The van der Waals surface area contributed by atoms with Gasteiger partial charge in [-0.1, -0.05) is 13.3 Å². The number of carbonyl (C=O) groups excluding carboxylic acids is 1. The average molecular weight is 295 g/mol. The molecule has 2 heterocycles. The molecule has 1 aromatic rings. The molecular formula is C14H21N3O4. The molecule has 0 bridgehead atoms. The number of aromatic amines is 2. The number of aliphatic hydroxyl groups is 1. The number of likely N-dealkylation sites (tertiary alicyclic amines) is 1. The lowest BCUT2D eigenvalue weighted by molar-refractivity contribution is -0.156. The highest BCUT2D eigenvalue weighted by molar-refractivity contribution is 5.77. The number of rotatable bonds is 5. The first-order valence-corrected chi connectivity index (χ1v) is 7.17. The topological polar surface area (TPSA) is 106 Å². The van der Waals surface area contributed by atoms with Gasteiger partial charge in [-0.05, 0) is 19.8 Å². The lowest BCUT2D eigenvalue weighted by atomic mass is 9.89. The molecule has 1 saturated heterocycles. The Morgan fingerprint density at radius 1 is 1.33 bits per heavy atom. The van der Waals surface area contributed by atoms with Crippen molar-refractivity contribution in [2.45, 2.75) is 45.1 Å². The fourth-order valence-electron chi connectivity index (χ4n) is 2.78. The molecule has 0 unspecified atom stereocenters. The van der Waals surface area contributed by atoms with E-state index >= 15 is 0 Å². The monoisotopic (exact) mass is 295 g/mol. The molecule has 1 aromatic heterocycles. The summed E-state index contributed by atoms with van der Waals surface area (Å²) in [6.45, 7) is 4.36. The largest absolute Gasteiger partial charge is 0.386 e. The first-order valence-electron chi connectivity index (χ1n) is 7.17. The highest BCUT2D eigenvalue weighted by Crippen LogP contribution is 2.26. The maximum atomic E-state index is 12.0. The highest BCUT2D eigenvalue weighted by Gasteiger charge is 2.42. The Hall–Kier alpha value is -1.89. The summed E-state index contributed by atoms with van der Waals surface area (Å²) in [5.41, 5.74) is -0.819. The van der Waals surface area contributed by atoms with Crippen molar-refractivity contribution in [1.29, 1.82) is 0 Å². The zero-order valence-corrected chi connectivity index (χ0v) is 12.4. The maximum Gasteiger partial charge on any atom is 0.325 e. The molecule has 1 fully saturated rings. The predicted octanol–water partition coefficient (Wildman–Crippen LogP) is -0.322. The van der Waals surface area contributed by atoms with Gasteiger partial charge in [0, 0.05) is 17.7 Å². The van der Waals surface area contributed by atoms with E-state index in [1.165, 1.54) is 0 Å². The predicted molar refractivity (Wildman–Crippen MR) is 77.2 cm³/mol. The third-order valence-corrected chi connectivity index (χ3v) is 3.88. The van der Waals surface area contributed by atoms with E-state index in [0.29, 0.717) is 30.8 Å². The van der Waals surface area contributed by atoms with Crippen molar-refractivity contribution in [1.82, 2.24) is 14.9 Å². The molecule has 0 aromatic carbocycles. The van der Waals surface area contributed by atoms with Crippen LogP contribution in [0.3, 0.4) is 0 Å². The van der Waals surface area contributed by atoms with E-state index in [0.717, 1.165) is 6.42 Å². The van der Waals surface area contributed by atoms with Crippen LogP contribution in [-0.2, 0) is 11.2 Å². The molecule has 0 atom stereocenters. The van der Waals surface area contributed by atoms with Crippen molar-refractivity contribution < 1.29 is 9.90 Å². The molecule has 116 valence electrons. The van der Waals surface area contributed by atoms with Gasteiger partial charge in [0.2, 0.25) is 5.91 Å². The Kier molecular flexibility index (Phi) is 4.32. The minimum Gasteiger partial charge on any atom is -0.386 e. The molecule has 0 aliphatic carbocycles. The van der Waals surface area contributed by atoms with Gasteiger partial charge >= 0.3 is 5.69 Å². The summed E-state index contributed by atoms with van der Waals surface area (Å²) >= 11 is 0. The van der Waals surface area contributed by atoms with E-state index in [9.17, 15) is 19.5 Å². The second-order valence-electron chi connectivity index (χ2n) is 5.74. The maximum absolute atomic E-state index is 12.0. The fourth-order valence-corrected chi connectivity index (χ4v) is 2.78. The molecule has 21 heavy (non-hydrogen) atoms. The van der Waals surface area contributed by atoms with E-state index in [4.69, 9.17) is 0 Å². The van der Waals surface area contributed by atoms with Crippen molar-refractivity contribution in [3.8, 4) is 0 Å². The number of H-pyrrole nitrogens is 2. The number of aryl methyl sites for hydroxylation is 1. The summed E-state index contributed by atoms with van der Waals surface area (Å²) in [6.07, 6.45) is 2.04. The van der Waals surface area contributed by atoms with Crippen molar-refractivity contribution in [3.63, 3.8) is 0 Å². The van der Waals surface area contributed by atoms with Crippen molar-refractivity contribution in [2.24, 2.45) is 0 Å². The van der Waals surface area contributed by atoms with Gasteiger partial charge in [0.1, 0.15) is 0 Å². The SMILES string of the molecule is CCCC1(O)CN(C(=O)CCc2c(C)[nH]c(=O)[nH]c2=O)C1. The molecule has 2 rings (SSSR count). The van der Waals surface area contributed by atoms with Gasteiger partial charge in [0.25, 0.3) is 5.56 Å². The standard InChI is InChI=1S/C14H21N3O4/c1-3-6-14(21)7-17(8-14)11(18)5-4-10-9(2)15-13(20)16-12(10)19/h21H,3-8H2,1-2H3,(H2,15,16,19,20).